The first-order valence-electron chi connectivity index (χ1n) is 6.47. The van der Waals surface area contributed by atoms with Gasteiger partial charge >= 0.3 is 5.97 Å². The quantitative estimate of drug-likeness (QED) is 0.870. The number of amides is 1. The van der Waals surface area contributed by atoms with Gasteiger partial charge in [-0.05, 0) is 29.5 Å². The molecule has 1 amide bonds. The molecule has 0 bridgehead atoms. The molecule has 0 saturated carbocycles. The molecule has 0 fully saturated rings. The summed E-state index contributed by atoms with van der Waals surface area (Å²) in [6.45, 7) is 5.27. The average Bonchev–Trinajstić information content (AvgIpc) is 2.33. The Morgan fingerprint density at radius 1 is 1.25 bits per heavy atom. The van der Waals surface area contributed by atoms with E-state index in [1.165, 1.54) is 12.1 Å². The largest absolute Gasteiger partial charge is 0.480 e. The summed E-state index contributed by atoms with van der Waals surface area (Å²) in [7, 11) is 0. The lowest BCUT2D eigenvalue weighted by Crippen LogP contribution is -2.49. The van der Waals surface area contributed by atoms with Gasteiger partial charge in [0.15, 0.2) is 0 Å². The van der Waals surface area contributed by atoms with E-state index >= 15 is 0 Å². The van der Waals surface area contributed by atoms with Gasteiger partial charge in [-0.15, -0.1) is 0 Å². The second-order valence-electron chi connectivity index (χ2n) is 5.83. The number of aryl methyl sites for hydroxylation is 1. The summed E-state index contributed by atoms with van der Waals surface area (Å²) in [4.78, 5) is 22.9. The number of carboxylic acids is 1. The lowest BCUT2D eigenvalue weighted by molar-refractivity contribution is -0.144. The molecule has 1 atom stereocenters. The molecule has 0 saturated heterocycles. The number of carbonyl (C=O) groups excluding carboxylic acids is 1. The molecule has 0 aliphatic rings. The first-order valence-corrected chi connectivity index (χ1v) is 6.47. The summed E-state index contributed by atoms with van der Waals surface area (Å²) < 4.78 is 12.7. The minimum atomic E-state index is -1.05. The Bertz CT molecular complexity index is 477. The smallest absolute Gasteiger partial charge is 0.326 e. The predicted octanol–water partition coefficient (Wildman–Crippen LogP) is 2.37. The lowest BCUT2D eigenvalue weighted by atomic mass is 9.86. The van der Waals surface area contributed by atoms with Gasteiger partial charge in [-0.25, -0.2) is 9.18 Å². The molecule has 1 unspecified atom stereocenters. The van der Waals surface area contributed by atoms with E-state index in [0.29, 0.717) is 6.42 Å². The van der Waals surface area contributed by atoms with Crippen molar-refractivity contribution >= 4 is 11.9 Å². The Morgan fingerprint density at radius 2 is 1.80 bits per heavy atom. The van der Waals surface area contributed by atoms with E-state index in [4.69, 9.17) is 5.11 Å². The summed E-state index contributed by atoms with van der Waals surface area (Å²) >= 11 is 0. The Morgan fingerprint density at radius 3 is 2.25 bits per heavy atom. The first-order chi connectivity index (χ1) is 9.20. The maximum absolute atomic E-state index is 12.7. The Kier molecular flexibility index (Phi) is 5.25. The minimum Gasteiger partial charge on any atom is -0.480 e. The summed E-state index contributed by atoms with van der Waals surface area (Å²) in [5, 5.41) is 11.6. The van der Waals surface area contributed by atoms with Gasteiger partial charge in [0.1, 0.15) is 11.9 Å². The van der Waals surface area contributed by atoms with Crippen molar-refractivity contribution in [3.8, 4) is 0 Å². The molecule has 0 heterocycles. The van der Waals surface area contributed by atoms with E-state index in [0.717, 1.165) is 5.56 Å². The number of benzene rings is 1. The molecule has 1 aromatic carbocycles. The third-order valence-corrected chi connectivity index (χ3v) is 2.97. The van der Waals surface area contributed by atoms with Gasteiger partial charge in [0.25, 0.3) is 0 Å². The molecule has 0 aromatic heterocycles. The fourth-order valence-corrected chi connectivity index (χ4v) is 1.79. The summed E-state index contributed by atoms with van der Waals surface area (Å²) in [6.07, 6.45) is 0.619. The third-order valence-electron chi connectivity index (χ3n) is 2.97. The van der Waals surface area contributed by atoms with Crippen LogP contribution in [0.15, 0.2) is 24.3 Å². The van der Waals surface area contributed by atoms with Gasteiger partial charge in [0, 0.05) is 6.42 Å². The molecule has 0 spiro atoms. The lowest BCUT2D eigenvalue weighted by Gasteiger charge is -2.27. The first kappa shape index (κ1) is 16.1. The molecular weight excluding hydrogens is 261 g/mol. The van der Waals surface area contributed by atoms with Crippen molar-refractivity contribution in [1.82, 2.24) is 5.32 Å². The van der Waals surface area contributed by atoms with Crippen molar-refractivity contribution in [1.29, 1.82) is 0 Å². The molecule has 0 radical (unpaired) electrons. The van der Waals surface area contributed by atoms with Gasteiger partial charge in [-0.3, -0.25) is 4.79 Å². The summed E-state index contributed by atoms with van der Waals surface area (Å²) in [5.74, 6) is -1.69. The maximum atomic E-state index is 12.7. The molecule has 0 aliphatic carbocycles. The van der Waals surface area contributed by atoms with Crippen LogP contribution in [0.25, 0.3) is 0 Å². The van der Waals surface area contributed by atoms with Crippen molar-refractivity contribution in [3.05, 3.63) is 35.6 Å². The van der Waals surface area contributed by atoms with Crippen LogP contribution in [0.2, 0.25) is 0 Å². The van der Waals surface area contributed by atoms with Crippen molar-refractivity contribution in [2.24, 2.45) is 5.41 Å². The number of hydrogen-bond donors (Lipinski definition) is 2. The molecule has 20 heavy (non-hydrogen) atoms. The van der Waals surface area contributed by atoms with Crippen molar-refractivity contribution in [2.45, 2.75) is 39.7 Å². The van der Waals surface area contributed by atoms with Crippen LogP contribution < -0.4 is 5.32 Å². The standard InChI is InChI=1S/C15H20FNO3/c1-15(2,3)13(14(19)20)17-12(18)9-6-10-4-7-11(16)8-5-10/h4-5,7-8,13H,6,9H2,1-3H3,(H,17,18)(H,19,20). The Balaban J connectivity index is 2.54. The van der Waals surface area contributed by atoms with Gasteiger partial charge < -0.3 is 10.4 Å². The van der Waals surface area contributed by atoms with Crippen molar-refractivity contribution < 1.29 is 19.1 Å². The van der Waals surface area contributed by atoms with Crippen molar-refractivity contribution in [3.63, 3.8) is 0 Å². The number of rotatable bonds is 5. The van der Waals surface area contributed by atoms with Crippen LogP contribution in [0.5, 0.6) is 0 Å². The van der Waals surface area contributed by atoms with Crippen LogP contribution in [0, 0.1) is 11.2 Å². The van der Waals surface area contributed by atoms with E-state index in [-0.39, 0.29) is 18.1 Å². The Labute approximate surface area is 118 Å². The fraction of sp³-hybridized carbons (Fsp3) is 0.467. The number of carbonyl (C=O) groups is 2. The zero-order chi connectivity index (χ0) is 15.3. The molecular formula is C15H20FNO3. The van der Waals surface area contributed by atoms with Crippen LogP contribution in [0.1, 0.15) is 32.8 Å². The summed E-state index contributed by atoms with van der Waals surface area (Å²) in [5.41, 5.74) is 0.279. The molecule has 1 rings (SSSR count). The zero-order valence-electron chi connectivity index (χ0n) is 11.9. The van der Waals surface area contributed by atoms with E-state index in [1.54, 1.807) is 32.9 Å². The normalized spacial score (nSPS) is 12.8. The van der Waals surface area contributed by atoms with Crippen LogP contribution in [-0.2, 0) is 16.0 Å². The molecule has 5 heteroatoms. The maximum Gasteiger partial charge on any atom is 0.326 e. The Hall–Kier alpha value is -1.91. The monoisotopic (exact) mass is 281 g/mol. The van der Waals surface area contributed by atoms with Gasteiger partial charge in [0.2, 0.25) is 5.91 Å². The van der Waals surface area contributed by atoms with E-state index in [1.807, 2.05) is 0 Å². The number of hydrogen-bond acceptors (Lipinski definition) is 2. The second-order valence-corrected chi connectivity index (χ2v) is 5.83. The highest BCUT2D eigenvalue weighted by atomic mass is 19.1. The minimum absolute atomic E-state index is 0.172. The number of aliphatic carboxylic acids is 1. The van der Waals surface area contributed by atoms with Crippen LogP contribution >= 0.6 is 0 Å². The fourth-order valence-electron chi connectivity index (χ4n) is 1.79. The van der Waals surface area contributed by atoms with Crippen LogP contribution in [0.3, 0.4) is 0 Å². The SMILES string of the molecule is CC(C)(C)C(NC(=O)CCc1ccc(F)cc1)C(=O)O. The molecule has 4 nitrogen and oxygen atoms in total. The molecule has 0 aliphatic heterocycles. The number of nitrogens with one attached hydrogen (secondary N) is 1. The third kappa shape index (κ3) is 4.99. The highest BCUT2D eigenvalue weighted by molar-refractivity contribution is 5.84. The predicted molar refractivity (Wildman–Crippen MR) is 73.7 cm³/mol. The van der Waals surface area contributed by atoms with Gasteiger partial charge in [0.05, 0.1) is 0 Å². The van der Waals surface area contributed by atoms with E-state index in [9.17, 15) is 14.0 Å². The number of halogens is 1. The highest BCUT2D eigenvalue weighted by Crippen LogP contribution is 2.19. The van der Waals surface area contributed by atoms with Gasteiger partial charge in [-0.1, -0.05) is 32.9 Å². The van der Waals surface area contributed by atoms with Crippen molar-refractivity contribution in [2.75, 3.05) is 0 Å². The van der Waals surface area contributed by atoms with Crippen LogP contribution in [-0.4, -0.2) is 23.0 Å². The van der Waals surface area contributed by atoms with E-state index < -0.39 is 17.4 Å². The van der Waals surface area contributed by atoms with E-state index in [2.05, 4.69) is 5.32 Å². The second kappa shape index (κ2) is 6.50. The average molecular weight is 281 g/mol. The zero-order valence-corrected chi connectivity index (χ0v) is 11.9. The number of carboxylic acid groups (broad SMARTS) is 1. The van der Waals surface area contributed by atoms with Crippen LogP contribution in [0.4, 0.5) is 4.39 Å². The summed E-state index contributed by atoms with van der Waals surface area (Å²) in [6, 6.07) is 4.97. The molecule has 2 N–H and O–H groups in total. The topological polar surface area (TPSA) is 66.4 Å². The highest BCUT2D eigenvalue weighted by Gasteiger charge is 2.32. The van der Waals surface area contributed by atoms with Gasteiger partial charge in [-0.2, -0.15) is 0 Å². The molecule has 110 valence electrons. The molecule has 1 aromatic rings.